The molecule has 6 heteroatoms. The Balaban J connectivity index is 4.38. The number of hydrogen-bond donors (Lipinski definition) is 1. The van der Waals surface area contributed by atoms with Crippen molar-refractivity contribution < 1.29 is 28.9 Å². The quantitative estimate of drug-likeness (QED) is 0.607. The van der Waals surface area contributed by atoms with Gasteiger partial charge in [-0.1, -0.05) is 0 Å². The molecule has 0 saturated carbocycles. The smallest absolute Gasteiger partial charge is 0.338 e. The summed E-state index contributed by atoms with van der Waals surface area (Å²) >= 11 is 0. The van der Waals surface area contributed by atoms with E-state index in [1.54, 1.807) is 13.8 Å². The first-order valence-electron chi connectivity index (χ1n) is 4.62. The summed E-state index contributed by atoms with van der Waals surface area (Å²) in [6, 6.07) is 0. The van der Waals surface area contributed by atoms with Crippen LogP contribution in [0.4, 0.5) is 0 Å². The summed E-state index contributed by atoms with van der Waals surface area (Å²) < 4.78 is 13.8. The maximum atomic E-state index is 11.2. The minimum atomic E-state index is -1.66. The van der Waals surface area contributed by atoms with Crippen LogP contribution in [-0.2, 0) is 23.8 Å². The van der Waals surface area contributed by atoms with Crippen LogP contribution in [0.1, 0.15) is 13.8 Å². The Labute approximate surface area is 88.1 Å². The van der Waals surface area contributed by atoms with Crippen molar-refractivity contribution in [2.24, 2.45) is 0 Å². The molecular weight excluding hydrogens is 204 g/mol. The van der Waals surface area contributed by atoms with E-state index in [9.17, 15) is 14.7 Å². The largest absolute Gasteiger partial charge is 0.464 e. The normalized spacial score (nSPS) is 14.1. The van der Waals surface area contributed by atoms with Gasteiger partial charge in [-0.3, -0.25) is 0 Å². The molecule has 0 aliphatic rings. The lowest BCUT2D eigenvalue weighted by Gasteiger charge is -2.18. The topological polar surface area (TPSA) is 82.1 Å². The molecule has 0 unspecified atom stereocenters. The van der Waals surface area contributed by atoms with Crippen molar-refractivity contribution in [1.29, 1.82) is 0 Å². The molecular formula is C9H16O6. The Morgan fingerprint density at radius 2 is 1.60 bits per heavy atom. The summed E-state index contributed by atoms with van der Waals surface area (Å²) in [7, 11) is 1.20. The van der Waals surface area contributed by atoms with Crippen LogP contribution in [0.25, 0.3) is 0 Å². The standard InChI is InChI=1S/C9H16O6/c1-4-14-8(11)6(10)7(13-3)9(12)15-5-2/h6-7,10H,4-5H2,1-3H3/t6-,7-/m1/s1. The van der Waals surface area contributed by atoms with Gasteiger partial charge < -0.3 is 19.3 Å². The number of rotatable bonds is 6. The van der Waals surface area contributed by atoms with Gasteiger partial charge in [0.15, 0.2) is 12.2 Å². The molecule has 0 aliphatic carbocycles. The summed E-state index contributed by atoms with van der Waals surface area (Å²) in [6.45, 7) is 3.47. The van der Waals surface area contributed by atoms with Crippen LogP contribution in [0.15, 0.2) is 0 Å². The van der Waals surface area contributed by atoms with E-state index in [1.165, 1.54) is 7.11 Å². The van der Waals surface area contributed by atoms with Gasteiger partial charge in [0.25, 0.3) is 0 Å². The molecule has 0 aromatic heterocycles. The molecule has 0 saturated heterocycles. The Morgan fingerprint density at radius 3 is 2.00 bits per heavy atom. The van der Waals surface area contributed by atoms with E-state index in [2.05, 4.69) is 14.2 Å². The fourth-order valence-corrected chi connectivity index (χ4v) is 0.930. The van der Waals surface area contributed by atoms with E-state index < -0.39 is 24.1 Å². The highest BCUT2D eigenvalue weighted by Crippen LogP contribution is 2.03. The molecule has 0 rings (SSSR count). The highest BCUT2D eigenvalue weighted by Gasteiger charge is 2.34. The molecule has 88 valence electrons. The first kappa shape index (κ1) is 13.9. The fraction of sp³-hybridized carbons (Fsp3) is 0.778. The monoisotopic (exact) mass is 220 g/mol. The zero-order valence-corrected chi connectivity index (χ0v) is 9.06. The van der Waals surface area contributed by atoms with Gasteiger partial charge in [0.05, 0.1) is 13.2 Å². The number of carbonyl (C=O) groups excluding carboxylic acids is 2. The highest BCUT2D eigenvalue weighted by atomic mass is 16.6. The van der Waals surface area contributed by atoms with E-state index in [0.717, 1.165) is 0 Å². The number of aliphatic hydroxyl groups is 1. The second-order valence-electron chi connectivity index (χ2n) is 2.61. The molecule has 15 heavy (non-hydrogen) atoms. The average Bonchev–Trinajstić information content (AvgIpc) is 2.19. The van der Waals surface area contributed by atoms with E-state index in [4.69, 9.17) is 0 Å². The third kappa shape index (κ3) is 4.26. The maximum absolute atomic E-state index is 11.2. The van der Waals surface area contributed by atoms with Crippen molar-refractivity contribution in [3.05, 3.63) is 0 Å². The molecule has 6 nitrogen and oxygen atoms in total. The van der Waals surface area contributed by atoms with Crippen LogP contribution in [0.5, 0.6) is 0 Å². The van der Waals surface area contributed by atoms with Gasteiger partial charge in [0.1, 0.15) is 0 Å². The predicted molar refractivity (Wildman–Crippen MR) is 50.1 cm³/mol. The van der Waals surface area contributed by atoms with Crippen molar-refractivity contribution in [2.75, 3.05) is 20.3 Å². The van der Waals surface area contributed by atoms with Gasteiger partial charge in [0, 0.05) is 7.11 Å². The first-order chi connectivity index (χ1) is 7.08. The van der Waals surface area contributed by atoms with Crippen molar-refractivity contribution in [2.45, 2.75) is 26.1 Å². The zero-order chi connectivity index (χ0) is 11.8. The van der Waals surface area contributed by atoms with Gasteiger partial charge in [0.2, 0.25) is 0 Å². The number of esters is 2. The highest BCUT2D eigenvalue weighted by molar-refractivity contribution is 5.85. The Bertz CT molecular complexity index is 215. The molecule has 0 aliphatic heterocycles. The number of aliphatic hydroxyl groups excluding tert-OH is 1. The van der Waals surface area contributed by atoms with E-state index in [-0.39, 0.29) is 13.2 Å². The molecule has 0 amide bonds. The lowest BCUT2D eigenvalue weighted by molar-refractivity contribution is -0.175. The zero-order valence-electron chi connectivity index (χ0n) is 9.06. The molecule has 0 aromatic carbocycles. The van der Waals surface area contributed by atoms with Gasteiger partial charge in [-0.25, -0.2) is 9.59 Å². The SMILES string of the molecule is CCOC(=O)[C@H](O)[C@@H](OC)C(=O)OCC. The maximum Gasteiger partial charge on any atom is 0.338 e. The number of methoxy groups -OCH3 is 1. The molecule has 1 N–H and O–H groups in total. The van der Waals surface area contributed by atoms with Crippen LogP contribution < -0.4 is 0 Å². The summed E-state index contributed by atoms with van der Waals surface area (Å²) in [6.07, 6.45) is -3.00. The van der Waals surface area contributed by atoms with Crippen LogP contribution in [0, 0.1) is 0 Å². The van der Waals surface area contributed by atoms with Crippen LogP contribution in [0.3, 0.4) is 0 Å². The summed E-state index contributed by atoms with van der Waals surface area (Å²) in [5.41, 5.74) is 0. The summed E-state index contributed by atoms with van der Waals surface area (Å²) in [5.74, 6) is -1.70. The molecule has 0 fully saturated rings. The second-order valence-corrected chi connectivity index (χ2v) is 2.61. The molecule has 0 aromatic rings. The van der Waals surface area contributed by atoms with Crippen LogP contribution >= 0.6 is 0 Å². The Kier molecular flexibility index (Phi) is 6.64. The fourth-order valence-electron chi connectivity index (χ4n) is 0.930. The number of ether oxygens (including phenoxy) is 3. The third-order valence-corrected chi connectivity index (χ3v) is 1.59. The Morgan fingerprint density at radius 1 is 1.13 bits per heavy atom. The lowest BCUT2D eigenvalue weighted by atomic mass is 10.2. The molecule has 0 radical (unpaired) electrons. The minimum absolute atomic E-state index is 0.120. The van der Waals surface area contributed by atoms with Crippen molar-refractivity contribution in [3.63, 3.8) is 0 Å². The van der Waals surface area contributed by atoms with Crippen LogP contribution in [0.2, 0.25) is 0 Å². The van der Waals surface area contributed by atoms with Gasteiger partial charge in [-0.2, -0.15) is 0 Å². The van der Waals surface area contributed by atoms with E-state index >= 15 is 0 Å². The average molecular weight is 220 g/mol. The van der Waals surface area contributed by atoms with E-state index in [1.807, 2.05) is 0 Å². The molecule has 0 bridgehead atoms. The van der Waals surface area contributed by atoms with Gasteiger partial charge in [-0.15, -0.1) is 0 Å². The molecule has 0 spiro atoms. The van der Waals surface area contributed by atoms with Gasteiger partial charge >= 0.3 is 11.9 Å². The first-order valence-corrected chi connectivity index (χ1v) is 4.62. The van der Waals surface area contributed by atoms with Gasteiger partial charge in [-0.05, 0) is 13.8 Å². The third-order valence-electron chi connectivity index (χ3n) is 1.59. The lowest BCUT2D eigenvalue weighted by Crippen LogP contribution is -2.43. The predicted octanol–water partition coefficient (Wildman–Crippen LogP) is -0.512. The van der Waals surface area contributed by atoms with Crippen molar-refractivity contribution in [1.82, 2.24) is 0 Å². The molecule has 2 atom stereocenters. The summed E-state index contributed by atoms with van der Waals surface area (Å²) in [4.78, 5) is 22.3. The molecule has 0 heterocycles. The number of carbonyl (C=O) groups is 2. The minimum Gasteiger partial charge on any atom is -0.464 e. The second kappa shape index (κ2) is 7.19. The van der Waals surface area contributed by atoms with Crippen molar-refractivity contribution >= 4 is 11.9 Å². The summed E-state index contributed by atoms with van der Waals surface area (Å²) in [5, 5.41) is 9.41. The van der Waals surface area contributed by atoms with E-state index in [0.29, 0.717) is 0 Å². The number of hydrogen-bond acceptors (Lipinski definition) is 6. The van der Waals surface area contributed by atoms with Crippen LogP contribution in [-0.4, -0.2) is 49.6 Å². The Hall–Kier alpha value is -1.14. The van der Waals surface area contributed by atoms with Crippen molar-refractivity contribution in [3.8, 4) is 0 Å².